The van der Waals surface area contributed by atoms with Crippen LogP contribution in [-0.2, 0) is 5.60 Å². The van der Waals surface area contributed by atoms with Crippen molar-refractivity contribution in [3.05, 3.63) is 21.7 Å². The first-order chi connectivity index (χ1) is 7.45. The molecule has 1 aromatic carbocycles. The summed E-state index contributed by atoms with van der Waals surface area (Å²) in [5, 5.41) is 10.00. The summed E-state index contributed by atoms with van der Waals surface area (Å²) in [5.74, 6) is 0.833. The van der Waals surface area contributed by atoms with E-state index in [1.165, 1.54) is 0 Å². The summed E-state index contributed by atoms with van der Waals surface area (Å²) in [6, 6.07) is 1.68. The van der Waals surface area contributed by atoms with Gasteiger partial charge in [0.25, 0.3) is 0 Å². The molecule has 0 unspecified atom stereocenters. The lowest BCUT2D eigenvalue weighted by atomic mass is 9.95. The first kappa shape index (κ1) is 11.4. The molecule has 0 atom stereocenters. The van der Waals surface area contributed by atoms with Gasteiger partial charge in [0.1, 0.15) is 0 Å². The minimum atomic E-state index is -1.05. The van der Waals surface area contributed by atoms with Gasteiger partial charge in [-0.1, -0.05) is 0 Å². The lowest BCUT2D eigenvalue weighted by molar-refractivity contribution is 0.0743. The third kappa shape index (κ3) is 1.70. The molecular weight excluding hydrogens is 276 g/mol. The lowest BCUT2D eigenvalue weighted by Gasteiger charge is -2.20. The third-order valence-electron chi connectivity index (χ3n) is 2.41. The molecule has 0 aromatic heterocycles. The number of aldehydes is 1. The number of hydrogen-bond acceptors (Lipinski definition) is 4. The Kier molecular flexibility index (Phi) is 2.67. The van der Waals surface area contributed by atoms with Crippen molar-refractivity contribution in [2.45, 2.75) is 19.4 Å². The molecule has 86 valence electrons. The van der Waals surface area contributed by atoms with Crippen molar-refractivity contribution in [1.82, 2.24) is 0 Å². The Balaban J connectivity index is 2.71. The summed E-state index contributed by atoms with van der Waals surface area (Å²) >= 11 is 3.28. The fraction of sp³-hybridized carbons (Fsp3) is 0.364. The summed E-state index contributed by atoms with van der Waals surface area (Å²) in [6.45, 7) is 3.37. The average Bonchev–Trinajstić information content (AvgIpc) is 2.63. The highest BCUT2D eigenvalue weighted by Gasteiger charge is 2.30. The Bertz CT molecular complexity index is 448. The second-order valence-corrected chi connectivity index (χ2v) is 4.92. The smallest absolute Gasteiger partial charge is 0.231 e. The van der Waals surface area contributed by atoms with Crippen LogP contribution in [0, 0.1) is 0 Å². The molecule has 2 rings (SSSR count). The third-order valence-corrected chi connectivity index (χ3v) is 3.06. The second kappa shape index (κ2) is 3.75. The monoisotopic (exact) mass is 286 g/mol. The average molecular weight is 287 g/mol. The van der Waals surface area contributed by atoms with Crippen LogP contribution in [-0.4, -0.2) is 18.2 Å². The topological polar surface area (TPSA) is 55.8 Å². The molecule has 1 aromatic rings. The Labute approximate surface area is 101 Å². The van der Waals surface area contributed by atoms with Gasteiger partial charge < -0.3 is 14.6 Å². The Hall–Kier alpha value is -1.07. The summed E-state index contributed by atoms with van der Waals surface area (Å²) < 4.78 is 11.1. The molecule has 1 heterocycles. The molecular formula is C11H11BrO4. The van der Waals surface area contributed by atoms with Gasteiger partial charge in [0, 0.05) is 10.0 Å². The van der Waals surface area contributed by atoms with E-state index in [4.69, 9.17) is 9.47 Å². The number of ether oxygens (including phenoxy) is 2. The van der Waals surface area contributed by atoms with E-state index in [-0.39, 0.29) is 6.79 Å². The highest BCUT2D eigenvalue weighted by Crippen LogP contribution is 2.45. The van der Waals surface area contributed by atoms with Crippen molar-refractivity contribution in [3.63, 3.8) is 0 Å². The van der Waals surface area contributed by atoms with Crippen molar-refractivity contribution >= 4 is 22.2 Å². The summed E-state index contributed by atoms with van der Waals surface area (Å²) in [4.78, 5) is 10.9. The predicted octanol–water partition coefficient (Wildman–Crippen LogP) is 2.22. The van der Waals surface area contributed by atoms with Crippen LogP contribution < -0.4 is 9.47 Å². The zero-order chi connectivity index (χ0) is 11.9. The second-order valence-electron chi connectivity index (χ2n) is 4.06. The van der Waals surface area contributed by atoms with Crippen molar-refractivity contribution in [2.75, 3.05) is 6.79 Å². The van der Waals surface area contributed by atoms with E-state index in [2.05, 4.69) is 15.9 Å². The number of rotatable bonds is 2. The fourth-order valence-electron chi connectivity index (χ4n) is 1.62. The minimum absolute atomic E-state index is 0.0652. The molecule has 0 saturated carbocycles. The van der Waals surface area contributed by atoms with Gasteiger partial charge >= 0.3 is 0 Å². The molecule has 5 heteroatoms. The molecule has 16 heavy (non-hydrogen) atoms. The highest BCUT2D eigenvalue weighted by atomic mass is 79.9. The standard InChI is InChI=1S/C11H11BrO4/c1-11(2,14)7-3-8(12)6(4-13)9-10(7)16-5-15-9/h3-4,14H,5H2,1-2H3. The quantitative estimate of drug-likeness (QED) is 0.847. The summed E-state index contributed by atoms with van der Waals surface area (Å²) in [5.41, 5.74) is -0.0557. The van der Waals surface area contributed by atoms with Gasteiger partial charge in [-0.05, 0) is 35.8 Å². The molecule has 0 spiro atoms. The number of halogens is 1. The number of fused-ring (bicyclic) bond motifs is 1. The van der Waals surface area contributed by atoms with Gasteiger partial charge in [0.05, 0.1) is 11.2 Å². The first-order valence-corrected chi connectivity index (χ1v) is 5.54. The molecule has 0 fully saturated rings. The maximum atomic E-state index is 10.9. The summed E-state index contributed by atoms with van der Waals surface area (Å²) in [7, 11) is 0. The molecule has 0 bridgehead atoms. The van der Waals surface area contributed by atoms with Gasteiger partial charge in [-0.25, -0.2) is 0 Å². The maximum absolute atomic E-state index is 10.9. The number of hydrogen-bond donors (Lipinski definition) is 1. The Morgan fingerprint density at radius 2 is 2.06 bits per heavy atom. The lowest BCUT2D eigenvalue weighted by Crippen LogP contribution is -2.16. The molecule has 0 radical (unpaired) electrons. The molecule has 0 aliphatic carbocycles. The normalized spacial score (nSPS) is 14.0. The van der Waals surface area contributed by atoms with E-state index in [1.54, 1.807) is 19.9 Å². The van der Waals surface area contributed by atoms with Crippen molar-refractivity contribution in [3.8, 4) is 11.5 Å². The first-order valence-electron chi connectivity index (χ1n) is 4.75. The molecule has 1 N–H and O–H groups in total. The zero-order valence-electron chi connectivity index (χ0n) is 8.91. The highest BCUT2D eigenvalue weighted by molar-refractivity contribution is 9.10. The van der Waals surface area contributed by atoms with Crippen LogP contribution in [0.2, 0.25) is 0 Å². The van der Waals surface area contributed by atoms with E-state index in [0.717, 1.165) is 0 Å². The Morgan fingerprint density at radius 1 is 1.44 bits per heavy atom. The van der Waals surface area contributed by atoms with Crippen molar-refractivity contribution < 1.29 is 19.4 Å². The number of carbonyl (C=O) groups excluding carboxylic acids is 1. The zero-order valence-corrected chi connectivity index (χ0v) is 10.5. The van der Waals surface area contributed by atoms with Gasteiger partial charge in [0.15, 0.2) is 17.8 Å². The van der Waals surface area contributed by atoms with Crippen LogP contribution in [0.15, 0.2) is 10.5 Å². The molecule has 1 aliphatic rings. The van der Waals surface area contributed by atoms with Gasteiger partial charge in [0.2, 0.25) is 6.79 Å². The van der Waals surface area contributed by atoms with Crippen LogP contribution in [0.1, 0.15) is 29.8 Å². The van der Waals surface area contributed by atoms with Crippen molar-refractivity contribution in [2.24, 2.45) is 0 Å². The number of carbonyl (C=O) groups is 1. The fourth-order valence-corrected chi connectivity index (χ4v) is 2.12. The minimum Gasteiger partial charge on any atom is -0.453 e. The van der Waals surface area contributed by atoms with E-state index in [9.17, 15) is 9.90 Å². The number of aliphatic hydroxyl groups is 1. The van der Waals surface area contributed by atoms with Crippen molar-refractivity contribution in [1.29, 1.82) is 0 Å². The SMILES string of the molecule is CC(C)(O)c1cc(Br)c(C=O)c2c1OCO2. The predicted molar refractivity (Wildman–Crippen MR) is 60.9 cm³/mol. The van der Waals surface area contributed by atoms with Crippen LogP contribution in [0.5, 0.6) is 11.5 Å². The van der Waals surface area contributed by atoms with Gasteiger partial charge in [-0.3, -0.25) is 4.79 Å². The van der Waals surface area contributed by atoms with Crippen LogP contribution in [0.25, 0.3) is 0 Å². The largest absolute Gasteiger partial charge is 0.453 e. The van der Waals surface area contributed by atoms with Gasteiger partial charge in [-0.2, -0.15) is 0 Å². The molecule has 0 amide bonds. The van der Waals surface area contributed by atoms with Crippen LogP contribution >= 0.6 is 15.9 Å². The molecule has 4 nitrogen and oxygen atoms in total. The van der Waals surface area contributed by atoms with E-state index >= 15 is 0 Å². The van der Waals surface area contributed by atoms with E-state index in [1.807, 2.05) is 0 Å². The number of benzene rings is 1. The summed E-state index contributed by atoms with van der Waals surface area (Å²) in [6.07, 6.45) is 0.700. The Morgan fingerprint density at radius 3 is 2.62 bits per heavy atom. The van der Waals surface area contributed by atoms with Crippen LogP contribution in [0.3, 0.4) is 0 Å². The van der Waals surface area contributed by atoms with Gasteiger partial charge in [-0.15, -0.1) is 0 Å². The van der Waals surface area contributed by atoms with E-state index < -0.39 is 5.60 Å². The van der Waals surface area contributed by atoms with Crippen LogP contribution in [0.4, 0.5) is 0 Å². The molecule has 0 saturated heterocycles. The van der Waals surface area contributed by atoms with E-state index in [0.29, 0.717) is 33.4 Å². The molecule has 1 aliphatic heterocycles. The maximum Gasteiger partial charge on any atom is 0.231 e.